The zero-order chi connectivity index (χ0) is 24.7. The molecule has 1 atom stereocenters. The van der Waals surface area contributed by atoms with Gasteiger partial charge in [-0.1, -0.05) is 30.3 Å². The summed E-state index contributed by atoms with van der Waals surface area (Å²) in [5.41, 5.74) is 1.97. The van der Waals surface area contributed by atoms with Gasteiger partial charge in [0.25, 0.3) is 0 Å². The van der Waals surface area contributed by atoms with Gasteiger partial charge in [0.15, 0.2) is 0 Å². The second kappa shape index (κ2) is 11.4. The van der Waals surface area contributed by atoms with E-state index in [1.165, 1.54) is 0 Å². The molecule has 36 heavy (non-hydrogen) atoms. The average molecular weight is 489 g/mol. The zero-order valence-corrected chi connectivity index (χ0v) is 20.5. The van der Waals surface area contributed by atoms with E-state index in [0.29, 0.717) is 13.2 Å². The van der Waals surface area contributed by atoms with Crippen molar-refractivity contribution in [3.05, 3.63) is 84.4 Å². The van der Waals surface area contributed by atoms with Gasteiger partial charge in [-0.15, -0.1) is 0 Å². The fourth-order valence-electron chi connectivity index (χ4n) is 4.64. The lowest BCUT2D eigenvalue weighted by atomic mass is 10.1. The Kier molecular flexibility index (Phi) is 7.57. The third-order valence-corrected chi connectivity index (χ3v) is 6.63. The molecule has 0 aromatic heterocycles. The van der Waals surface area contributed by atoms with Crippen LogP contribution in [0.3, 0.4) is 0 Å². The molecular weight excluding hydrogens is 456 g/mol. The molecule has 3 aromatic carbocycles. The Morgan fingerprint density at radius 2 is 1.53 bits per heavy atom. The fraction of sp³-hybridized carbons (Fsp3) is 0.345. The summed E-state index contributed by atoms with van der Waals surface area (Å²) in [4.78, 5) is 16.4. The first kappa shape index (κ1) is 24.0. The molecule has 7 heteroatoms. The summed E-state index contributed by atoms with van der Waals surface area (Å²) < 4.78 is 22.9. The van der Waals surface area contributed by atoms with Crippen molar-refractivity contribution >= 4 is 11.8 Å². The lowest BCUT2D eigenvalue weighted by molar-refractivity contribution is 0.0655. The van der Waals surface area contributed by atoms with Gasteiger partial charge in [0.05, 0.1) is 13.7 Å². The number of cyclic esters (lactones) is 1. The van der Waals surface area contributed by atoms with E-state index >= 15 is 0 Å². The third kappa shape index (κ3) is 6.10. The van der Waals surface area contributed by atoms with Gasteiger partial charge in [0, 0.05) is 25.3 Å². The molecule has 2 aliphatic heterocycles. The van der Waals surface area contributed by atoms with E-state index in [1.807, 2.05) is 66.7 Å². The number of amides is 1. The van der Waals surface area contributed by atoms with Crippen molar-refractivity contribution in [3.8, 4) is 17.2 Å². The Morgan fingerprint density at radius 3 is 2.22 bits per heavy atom. The Bertz CT molecular complexity index is 1110. The Balaban J connectivity index is 1.04. The van der Waals surface area contributed by atoms with Gasteiger partial charge in [-0.25, -0.2) is 4.79 Å². The molecule has 188 valence electrons. The first-order chi connectivity index (χ1) is 17.7. The van der Waals surface area contributed by atoms with Gasteiger partial charge in [-0.05, 0) is 66.9 Å². The summed E-state index contributed by atoms with van der Waals surface area (Å²) in [5, 5.41) is 0. The monoisotopic (exact) mass is 488 g/mol. The van der Waals surface area contributed by atoms with Crippen LogP contribution in [0, 0.1) is 0 Å². The SMILES string of the molecule is COc1ccc(N2CC(CN3CCC(Oc4ccc(OCc5ccccc5)cc4)CC3)OC2=O)cc1. The van der Waals surface area contributed by atoms with E-state index in [1.54, 1.807) is 12.0 Å². The molecule has 2 saturated heterocycles. The highest BCUT2D eigenvalue weighted by Gasteiger charge is 2.34. The van der Waals surface area contributed by atoms with Crippen molar-refractivity contribution in [2.45, 2.75) is 31.7 Å². The van der Waals surface area contributed by atoms with Crippen LogP contribution in [0.25, 0.3) is 0 Å². The highest BCUT2D eigenvalue weighted by molar-refractivity contribution is 5.89. The van der Waals surface area contributed by atoms with Crippen LogP contribution in [0.2, 0.25) is 0 Å². The fourth-order valence-corrected chi connectivity index (χ4v) is 4.64. The van der Waals surface area contributed by atoms with Crippen LogP contribution in [0.15, 0.2) is 78.9 Å². The van der Waals surface area contributed by atoms with E-state index in [4.69, 9.17) is 18.9 Å². The van der Waals surface area contributed by atoms with Crippen molar-refractivity contribution in [1.82, 2.24) is 4.90 Å². The number of nitrogens with zero attached hydrogens (tertiary/aromatic N) is 2. The van der Waals surface area contributed by atoms with Gasteiger partial charge in [-0.2, -0.15) is 0 Å². The first-order valence-electron chi connectivity index (χ1n) is 12.4. The Hall–Kier alpha value is -3.71. The van der Waals surface area contributed by atoms with Crippen molar-refractivity contribution in [3.63, 3.8) is 0 Å². The average Bonchev–Trinajstić information content (AvgIpc) is 3.29. The van der Waals surface area contributed by atoms with E-state index in [-0.39, 0.29) is 18.3 Å². The quantitative estimate of drug-likeness (QED) is 0.416. The van der Waals surface area contributed by atoms with Crippen LogP contribution in [0.5, 0.6) is 17.2 Å². The molecule has 0 aliphatic carbocycles. The molecule has 7 nitrogen and oxygen atoms in total. The number of methoxy groups -OCH3 is 1. The maximum atomic E-state index is 12.4. The zero-order valence-electron chi connectivity index (χ0n) is 20.5. The topological polar surface area (TPSA) is 60.5 Å². The minimum Gasteiger partial charge on any atom is -0.497 e. The third-order valence-electron chi connectivity index (χ3n) is 6.63. The number of rotatable bonds is 9. The molecule has 0 N–H and O–H groups in total. The summed E-state index contributed by atoms with van der Waals surface area (Å²) in [6.07, 6.45) is 1.63. The second-order valence-electron chi connectivity index (χ2n) is 9.18. The van der Waals surface area contributed by atoms with Crippen molar-refractivity contribution < 1.29 is 23.7 Å². The highest BCUT2D eigenvalue weighted by atomic mass is 16.6. The number of hydrogen-bond donors (Lipinski definition) is 0. The molecule has 2 fully saturated rings. The highest BCUT2D eigenvalue weighted by Crippen LogP contribution is 2.26. The maximum absolute atomic E-state index is 12.4. The minimum absolute atomic E-state index is 0.138. The number of carbonyl (C=O) groups excluding carboxylic acids is 1. The summed E-state index contributed by atoms with van der Waals surface area (Å²) in [6, 6.07) is 25.5. The van der Waals surface area contributed by atoms with Gasteiger partial charge in [-0.3, -0.25) is 9.80 Å². The lowest BCUT2D eigenvalue weighted by Crippen LogP contribution is -2.42. The Labute approximate surface area is 212 Å². The van der Waals surface area contributed by atoms with Gasteiger partial charge in [0.1, 0.15) is 36.1 Å². The van der Waals surface area contributed by atoms with Crippen LogP contribution < -0.4 is 19.1 Å². The summed E-state index contributed by atoms with van der Waals surface area (Å²) in [7, 11) is 1.63. The molecule has 5 rings (SSSR count). The maximum Gasteiger partial charge on any atom is 0.414 e. The van der Waals surface area contributed by atoms with Crippen LogP contribution in [0.1, 0.15) is 18.4 Å². The number of carbonyl (C=O) groups is 1. The number of anilines is 1. The van der Waals surface area contributed by atoms with Gasteiger partial charge >= 0.3 is 6.09 Å². The van der Waals surface area contributed by atoms with E-state index in [0.717, 1.165) is 61.0 Å². The predicted molar refractivity (Wildman–Crippen MR) is 138 cm³/mol. The van der Waals surface area contributed by atoms with Gasteiger partial charge in [0.2, 0.25) is 0 Å². The number of piperidine rings is 1. The van der Waals surface area contributed by atoms with Crippen LogP contribution in [-0.4, -0.2) is 56.5 Å². The largest absolute Gasteiger partial charge is 0.497 e. The summed E-state index contributed by atoms with van der Waals surface area (Å²) in [6.45, 7) is 3.67. The van der Waals surface area contributed by atoms with Crippen LogP contribution >= 0.6 is 0 Å². The number of likely N-dealkylation sites (tertiary alicyclic amines) is 1. The molecule has 2 heterocycles. The number of benzene rings is 3. The molecule has 1 unspecified atom stereocenters. The van der Waals surface area contributed by atoms with Crippen molar-refractivity contribution in [2.75, 3.05) is 38.2 Å². The van der Waals surface area contributed by atoms with E-state index in [9.17, 15) is 4.79 Å². The molecule has 1 amide bonds. The normalized spacial score (nSPS) is 18.6. The number of hydrogen-bond acceptors (Lipinski definition) is 6. The smallest absolute Gasteiger partial charge is 0.414 e. The second-order valence-corrected chi connectivity index (χ2v) is 9.18. The van der Waals surface area contributed by atoms with Gasteiger partial charge < -0.3 is 18.9 Å². The number of ether oxygens (including phenoxy) is 4. The van der Waals surface area contributed by atoms with Crippen molar-refractivity contribution in [1.29, 1.82) is 0 Å². The molecule has 0 spiro atoms. The predicted octanol–water partition coefficient (Wildman–Crippen LogP) is 5.14. The summed E-state index contributed by atoms with van der Waals surface area (Å²) >= 11 is 0. The lowest BCUT2D eigenvalue weighted by Gasteiger charge is -2.33. The molecule has 2 aliphatic rings. The molecule has 0 radical (unpaired) electrons. The summed E-state index contributed by atoms with van der Waals surface area (Å²) in [5.74, 6) is 2.46. The van der Waals surface area contributed by atoms with E-state index in [2.05, 4.69) is 17.0 Å². The first-order valence-corrected chi connectivity index (χ1v) is 12.4. The van der Waals surface area contributed by atoms with Crippen LogP contribution in [0.4, 0.5) is 10.5 Å². The van der Waals surface area contributed by atoms with Crippen LogP contribution in [-0.2, 0) is 11.3 Å². The molecule has 3 aromatic rings. The minimum atomic E-state index is -0.292. The molecule has 0 bridgehead atoms. The molecular formula is C29H32N2O5. The van der Waals surface area contributed by atoms with E-state index < -0.39 is 0 Å². The molecule has 0 saturated carbocycles. The standard InChI is InChI=1S/C29H32N2O5/c1-33-24-9-7-23(8-10-24)31-20-28(36-29(31)32)19-30-17-15-27(16-18-30)35-26-13-11-25(12-14-26)34-21-22-5-3-2-4-6-22/h2-14,27-28H,15-21H2,1H3. The Morgan fingerprint density at radius 1 is 0.861 bits per heavy atom. The van der Waals surface area contributed by atoms with Crippen molar-refractivity contribution in [2.24, 2.45) is 0 Å².